The zero-order valence-electron chi connectivity index (χ0n) is 13.6. The molecule has 1 amide bonds. The van der Waals surface area contributed by atoms with Crippen molar-refractivity contribution in [2.24, 2.45) is 0 Å². The highest BCUT2D eigenvalue weighted by atomic mass is 32.1. The molecule has 3 rings (SSSR count). The molecule has 2 aromatic heterocycles. The predicted molar refractivity (Wildman–Crippen MR) is 103 cm³/mol. The average molecular weight is 357 g/mol. The van der Waals surface area contributed by atoms with Crippen molar-refractivity contribution >= 4 is 34.3 Å². The summed E-state index contributed by atoms with van der Waals surface area (Å²) in [4.78, 5) is 17.2. The number of benzene rings is 1. The fourth-order valence-electron chi connectivity index (χ4n) is 2.52. The summed E-state index contributed by atoms with van der Waals surface area (Å²) in [6.07, 6.45) is 0. The van der Waals surface area contributed by atoms with E-state index in [4.69, 9.17) is 0 Å². The van der Waals surface area contributed by atoms with Gasteiger partial charge in [0, 0.05) is 28.5 Å². The molecule has 0 atom stereocenters. The number of amides is 1. The highest BCUT2D eigenvalue weighted by Crippen LogP contribution is 2.18. The van der Waals surface area contributed by atoms with E-state index in [0.29, 0.717) is 6.54 Å². The number of nitrogens with one attached hydrogen (secondary N) is 1. The molecule has 3 aromatic rings. The Morgan fingerprint density at radius 1 is 0.958 bits per heavy atom. The van der Waals surface area contributed by atoms with Crippen LogP contribution in [0.5, 0.6) is 0 Å². The molecular weight excluding hydrogens is 336 g/mol. The van der Waals surface area contributed by atoms with Crippen LogP contribution >= 0.6 is 22.7 Å². The van der Waals surface area contributed by atoms with Crippen molar-refractivity contribution in [2.45, 2.75) is 20.0 Å². The monoisotopic (exact) mass is 356 g/mol. The molecule has 0 spiro atoms. The molecule has 5 heteroatoms. The first kappa shape index (κ1) is 16.9. The van der Waals surface area contributed by atoms with Gasteiger partial charge in [-0.2, -0.15) is 0 Å². The van der Waals surface area contributed by atoms with Gasteiger partial charge in [-0.25, -0.2) is 0 Å². The number of carbonyl (C=O) groups excluding carboxylic acids is 1. The van der Waals surface area contributed by atoms with E-state index in [0.717, 1.165) is 24.3 Å². The SMILES string of the molecule is Cc1ccccc1NC(=O)CN(Cc1cccs1)Cc1cccs1. The molecule has 124 valence electrons. The molecule has 0 saturated carbocycles. The number of aryl methyl sites for hydroxylation is 1. The van der Waals surface area contributed by atoms with Crippen LogP contribution in [0.4, 0.5) is 5.69 Å². The second-order valence-electron chi connectivity index (χ2n) is 5.67. The van der Waals surface area contributed by atoms with E-state index in [1.807, 2.05) is 31.2 Å². The lowest BCUT2D eigenvalue weighted by molar-refractivity contribution is -0.117. The van der Waals surface area contributed by atoms with Gasteiger partial charge >= 0.3 is 0 Å². The van der Waals surface area contributed by atoms with Crippen LogP contribution in [0.15, 0.2) is 59.3 Å². The van der Waals surface area contributed by atoms with Gasteiger partial charge in [-0.3, -0.25) is 9.69 Å². The Kier molecular flexibility index (Phi) is 5.80. The van der Waals surface area contributed by atoms with Crippen molar-refractivity contribution in [3.8, 4) is 0 Å². The van der Waals surface area contributed by atoms with Crippen LogP contribution in [0.3, 0.4) is 0 Å². The lowest BCUT2D eigenvalue weighted by atomic mass is 10.2. The van der Waals surface area contributed by atoms with Gasteiger partial charge in [0.1, 0.15) is 0 Å². The maximum atomic E-state index is 12.5. The molecule has 0 saturated heterocycles. The maximum absolute atomic E-state index is 12.5. The second-order valence-corrected chi connectivity index (χ2v) is 7.73. The Hall–Kier alpha value is -1.95. The number of rotatable bonds is 7. The zero-order valence-corrected chi connectivity index (χ0v) is 15.2. The van der Waals surface area contributed by atoms with E-state index in [1.165, 1.54) is 9.75 Å². The van der Waals surface area contributed by atoms with Gasteiger partial charge in [-0.05, 0) is 41.4 Å². The minimum atomic E-state index is 0.0254. The Labute approximate surface area is 150 Å². The van der Waals surface area contributed by atoms with Crippen molar-refractivity contribution in [3.05, 3.63) is 74.6 Å². The molecule has 0 aliphatic carbocycles. The minimum Gasteiger partial charge on any atom is -0.325 e. The third kappa shape index (κ3) is 4.77. The van der Waals surface area contributed by atoms with E-state index in [9.17, 15) is 4.79 Å². The number of anilines is 1. The summed E-state index contributed by atoms with van der Waals surface area (Å²) in [5.74, 6) is 0.0254. The summed E-state index contributed by atoms with van der Waals surface area (Å²) in [6, 6.07) is 16.2. The van der Waals surface area contributed by atoms with Crippen LogP contribution < -0.4 is 5.32 Å². The maximum Gasteiger partial charge on any atom is 0.238 e. The number of thiophene rings is 2. The van der Waals surface area contributed by atoms with E-state index < -0.39 is 0 Å². The summed E-state index contributed by atoms with van der Waals surface area (Å²) in [5.41, 5.74) is 1.96. The molecule has 0 unspecified atom stereocenters. The Balaban J connectivity index is 1.66. The molecule has 0 aliphatic rings. The lowest BCUT2D eigenvalue weighted by Crippen LogP contribution is -2.32. The first-order valence-corrected chi connectivity index (χ1v) is 9.59. The van der Waals surface area contributed by atoms with Crippen LogP contribution in [0, 0.1) is 6.92 Å². The molecule has 1 N–H and O–H groups in total. The van der Waals surface area contributed by atoms with Gasteiger partial charge in [-0.15, -0.1) is 22.7 Å². The molecule has 24 heavy (non-hydrogen) atoms. The molecule has 0 bridgehead atoms. The number of nitrogens with zero attached hydrogens (tertiary/aromatic N) is 1. The summed E-state index contributed by atoms with van der Waals surface area (Å²) in [6.45, 7) is 3.96. The number of hydrogen-bond acceptors (Lipinski definition) is 4. The van der Waals surface area contributed by atoms with Crippen LogP contribution in [-0.2, 0) is 17.9 Å². The van der Waals surface area contributed by atoms with E-state index >= 15 is 0 Å². The third-order valence-electron chi connectivity index (χ3n) is 3.71. The van der Waals surface area contributed by atoms with Crippen molar-refractivity contribution in [1.29, 1.82) is 0 Å². The molecule has 0 fully saturated rings. The molecule has 2 heterocycles. The summed E-state index contributed by atoms with van der Waals surface area (Å²) >= 11 is 3.45. The topological polar surface area (TPSA) is 32.3 Å². The molecular formula is C19H20N2OS2. The van der Waals surface area contributed by atoms with E-state index in [2.05, 4.69) is 45.2 Å². The first-order chi connectivity index (χ1) is 11.7. The van der Waals surface area contributed by atoms with Crippen molar-refractivity contribution < 1.29 is 4.79 Å². The largest absolute Gasteiger partial charge is 0.325 e. The fourth-order valence-corrected chi connectivity index (χ4v) is 4.01. The number of carbonyl (C=O) groups is 1. The third-order valence-corrected chi connectivity index (χ3v) is 5.43. The van der Waals surface area contributed by atoms with Gasteiger partial charge in [0.05, 0.1) is 6.54 Å². The van der Waals surface area contributed by atoms with Gasteiger partial charge in [0.15, 0.2) is 0 Å². The van der Waals surface area contributed by atoms with E-state index in [-0.39, 0.29) is 5.91 Å². The van der Waals surface area contributed by atoms with E-state index in [1.54, 1.807) is 22.7 Å². The Morgan fingerprint density at radius 2 is 1.58 bits per heavy atom. The standard InChI is InChI=1S/C19H20N2OS2/c1-15-6-2-3-9-18(15)20-19(22)14-21(12-16-7-4-10-23-16)13-17-8-5-11-24-17/h2-11H,12-14H2,1H3,(H,20,22). The average Bonchev–Trinajstić information content (AvgIpc) is 3.23. The number of hydrogen-bond donors (Lipinski definition) is 1. The van der Waals surface area contributed by atoms with Crippen LogP contribution in [0.2, 0.25) is 0 Å². The smallest absolute Gasteiger partial charge is 0.238 e. The van der Waals surface area contributed by atoms with Crippen LogP contribution in [0.25, 0.3) is 0 Å². The number of para-hydroxylation sites is 1. The molecule has 1 aromatic carbocycles. The van der Waals surface area contributed by atoms with Crippen molar-refractivity contribution in [3.63, 3.8) is 0 Å². The van der Waals surface area contributed by atoms with Gasteiger partial charge in [-0.1, -0.05) is 30.3 Å². The predicted octanol–water partition coefficient (Wildman–Crippen LogP) is 4.76. The van der Waals surface area contributed by atoms with Gasteiger partial charge < -0.3 is 5.32 Å². The first-order valence-electron chi connectivity index (χ1n) is 7.83. The quantitative estimate of drug-likeness (QED) is 0.662. The van der Waals surface area contributed by atoms with Crippen molar-refractivity contribution in [2.75, 3.05) is 11.9 Å². The van der Waals surface area contributed by atoms with Crippen LogP contribution in [0.1, 0.15) is 15.3 Å². The normalized spacial score (nSPS) is 10.9. The lowest BCUT2D eigenvalue weighted by Gasteiger charge is -2.21. The fraction of sp³-hybridized carbons (Fsp3) is 0.211. The van der Waals surface area contributed by atoms with Crippen LogP contribution in [-0.4, -0.2) is 17.4 Å². The Bertz CT molecular complexity index is 730. The molecule has 3 nitrogen and oxygen atoms in total. The van der Waals surface area contributed by atoms with Crippen molar-refractivity contribution in [1.82, 2.24) is 4.90 Å². The zero-order chi connectivity index (χ0) is 16.8. The molecule has 0 aliphatic heterocycles. The summed E-state index contributed by atoms with van der Waals surface area (Å²) < 4.78 is 0. The van der Waals surface area contributed by atoms with Gasteiger partial charge in [0.25, 0.3) is 0 Å². The minimum absolute atomic E-state index is 0.0254. The second kappa shape index (κ2) is 8.24. The highest BCUT2D eigenvalue weighted by Gasteiger charge is 2.14. The Morgan fingerprint density at radius 3 is 2.12 bits per heavy atom. The van der Waals surface area contributed by atoms with Gasteiger partial charge in [0.2, 0.25) is 5.91 Å². The summed E-state index contributed by atoms with van der Waals surface area (Å²) in [7, 11) is 0. The highest BCUT2D eigenvalue weighted by molar-refractivity contribution is 7.10. The molecule has 0 radical (unpaired) electrons. The summed E-state index contributed by atoms with van der Waals surface area (Å²) in [5, 5.41) is 7.18.